The molecule has 0 atom stereocenters. The summed E-state index contributed by atoms with van der Waals surface area (Å²) < 4.78 is 5.57. The summed E-state index contributed by atoms with van der Waals surface area (Å²) >= 11 is 5.81. The van der Waals surface area contributed by atoms with Gasteiger partial charge in [0.1, 0.15) is 0 Å². The SMILES string of the molecule is CCCCCCCOCCNc1ccc(Cl)cc1. The smallest absolute Gasteiger partial charge is 0.0639 e. The van der Waals surface area contributed by atoms with Crippen molar-refractivity contribution in [2.75, 3.05) is 25.1 Å². The maximum Gasteiger partial charge on any atom is 0.0639 e. The summed E-state index contributed by atoms with van der Waals surface area (Å²) in [6, 6.07) is 7.73. The number of halogens is 1. The predicted molar refractivity (Wildman–Crippen MR) is 79.5 cm³/mol. The molecule has 1 rings (SSSR count). The standard InChI is InChI=1S/C15H24ClNO/c1-2-3-4-5-6-12-18-13-11-17-15-9-7-14(16)8-10-15/h7-10,17H,2-6,11-13H2,1H3. The van der Waals surface area contributed by atoms with Crippen molar-refractivity contribution in [3.8, 4) is 0 Å². The lowest BCUT2D eigenvalue weighted by molar-refractivity contribution is 0.139. The van der Waals surface area contributed by atoms with Crippen LogP contribution < -0.4 is 5.32 Å². The molecule has 0 unspecified atom stereocenters. The van der Waals surface area contributed by atoms with E-state index in [9.17, 15) is 0 Å². The quantitative estimate of drug-likeness (QED) is 0.620. The molecule has 0 bridgehead atoms. The van der Waals surface area contributed by atoms with Gasteiger partial charge in [-0.05, 0) is 30.7 Å². The van der Waals surface area contributed by atoms with E-state index in [-0.39, 0.29) is 0 Å². The zero-order chi connectivity index (χ0) is 13.1. The van der Waals surface area contributed by atoms with Crippen LogP contribution in [0.4, 0.5) is 5.69 Å². The molecule has 1 N–H and O–H groups in total. The maximum atomic E-state index is 5.81. The number of rotatable bonds is 10. The van der Waals surface area contributed by atoms with Crippen LogP contribution in [0.15, 0.2) is 24.3 Å². The van der Waals surface area contributed by atoms with Crippen LogP contribution in [0.25, 0.3) is 0 Å². The second-order valence-corrected chi connectivity index (χ2v) is 4.90. The van der Waals surface area contributed by atoms with Crippen LogP contribution in [0.5, 0.6) is 0 Å². The van der Waals surface area contributed by atoms with Crippen molar-refractivity contribution < 1.29 is 4.74 Å². The van der Waals surface area contributed by atoms with Crippen molar-refractivity contribution >= 4 is 17.3 Å². The van der Waals surface area contributed by atoms with Crippen LogP contribution in [0.1, 0.15) is 39.0 Å². The molecule has 2 nitrogen and oxygen atoms in total. The molecule has 102 valence electrons. The first-order valence-corrected chi connectivity index (χ1v) is 7.28. The Labute approximate surface area is 116 Å². The molecular weight excluding hydrogens is 246 g/mol. The zero-order valence-electron chi connectivity index (χ0n) is 11.3. The minimum atomic E-state index is 0.760. The van der Waals surface area contributed by atoms with E-state index < -0.39 is 0 Å². The third-order valence-electron chi connectivity index (χ3n) is 2.81. The summed E-state index contributed by atoms with van der Waals surface area (Å²) in [5, 5.41) is 4.07. The van der Waals surface area contributed by atoms with Crippen molar-refractivity contribution in [2.45, 2.75) is 39.0 Å². The molecule has 3 heteroatoms. The van der Waals surface area contributed by atoms with Gasteiger partial charge in [0.15, 0.2) is 0 Å². The second kappa shape index (κ2) is 10.2. The van der Waals surface area contributed by atoms with Crippen molar-refractivity contribution in [1.29, 1.82) is 0 Å². The highest BCUT2D eigenvalue weighted by molar-refractivity contribution is 6.30. The summed E-state index contributed by atoms with van der Waals surface area (Å²) in [4.78, 5) is 0. The normalized spacial score (nSPS) is 10.6. The fraction of sp³-hybridized carbons (Fsp3) is 0.600. The van der Waals surface area contributed by atoms with Gasteiger partial charge in [0.2, 0.25) is 0 Å². The van der Waals surface area contributed by atoms with E-state index in [4.69, 9.17) is 16.3 Å². The molecule has 0 heterocycles. The lowest BCUT2D eigenvalue weighted by atomic mass is 10.2. The monoisotopic (exact) mass is 269 g/mol. The average Bonchev–Trinajstić information content (AvgIpc) is 2.39. The van der Waals surface area contributed by atoms with Crippen LogP contribution in [-0.2, 0) is 4.74 Å². The third-order valence-corrected chi connectivity index (χ3v) is 3.06. The van der Waals surface area contributed by atoms with E-state index in [1.165, 1.54) is 32.1 Å². The molecule has 0 aromatic heterocycles. The van der Waals surface area contributed by atoms with E-state index in [0.29, 0.717) is 0 Å². The first-order valence-electron chi connectivity index (χ1n) is 6.90. The van der Waals surface area contributed by atoms with Gasteiger partial charge in [-0.15, -0.1) is 0 Å². The largest absolute Gasteiger partial charge is 0.383 e. The highest BCUT2D eigenvalue weighted by Gasteiger charge is 1.93. The summed E-state index contributed by atoms with van der Waals surface area (Å²) in [6.45, 7) is 4.72. The van der Waals surface area contributed by atoms with Gasteiger partial charge in [0.05, 0.1) is 6.61 Å². The van der Waals surface area contributed by atoms with Gasteiger partial charge >= 0.3 is 0 Å². The molecule has 0 saturated carbocycles. The lowest BCUT2D eigenvalue weighted by Gasteiger charge is -2.07. The first-order chi connectivity index (χ1) is 8.83. The Morgan fingerprint density at radius 1 is 1.00 bits per heavy atom. The Hall–Kier alpha value is -0.730. The molecule has 1 aromatic carbocycles. The minimum Gasteiger partial charge on any atom is -0.383 e. The Morgan fingerprint density at radius 3 is 2.44 bits per heavy atom. The molecule has 1 aromatic rings. The highest BCUT2D eigenvalue weighted by Crippen LogP contribution is 2.12. The van der Waals surface area contributed by atoms with E-state index in [1.54, 1.807) is 0 Å². The molecule has 0 radical (unpaired) electrons. The molecule has 0 amide bonds. The van der Waals surface area contributed by atoms with Crippen molar-refractivity contribution in [2.24, 2.45) is 0 Å². The number of benzene rings is 1. The number of ether oxygens (including phenoxy) is 1. The van der Waals surface area contributed by atoms with Crippen LogP contribution in [0.3, 0.4) is 0 Å². The van der Waals surface area contributed by atoms with Crippen LogP contribution in [0, 0.1) is 0 Å². The molecule has 0 saturated heterocycles. The van der Waals surface area contributed by atoms with Crippen LogP contribution in [0.2, 0.25) is 5.02 Å². The molecule has 0 aliphatic heterocycles. The Balaban J connectivity index is 1.91. The molecule has 0 aliphatic carbocycles. The fourth-order valence-electron chi connectivity index (χ4n) is 1.75. The van der Waals surface area contributed by atoms with Crippen molar-refractivity contribution in [3.05, 3.63) is 29.3 Å². The fourth-order valence-corrected chi connectivity index (χ4v) is 1.87. The topological polar surface area (TPSA) is 21.3 Å². The minimum absolute atomic E-state index is 0.760. The molecular formula is C15H24ClNO. The Bertz CT molecular complexity index is 300. The Kier molecular flexibility index (Phi) is 8.70. The van der Waals surface area contributed by atoms with Crippen LogP contribution >= 0.6 is 11.6 Å². The molecule has 0 spiro atoms. The number of nitrogens with one attached hydrogen (secondary N) is 1. The molecule has 18 heavy (non-hydrogen) atoms. The van der Waals surface area contributed by atoms with Crippen molar-refractivity contribution in [1.82, 2.24) is 0 Å². The summed E-state index contributed by atoms with van der Waals surface area (Å²) in [6.07, 6.45) is 6.45. The van der Waals surface area contributed by atoms with E-state index in [1.807, 2.05) is 24.3 Å². The van der Waals surface area contributed by atoms with Gasteiger partial charge in [0.25, 0.3) is 0 Å². The Morgan fingerprint density at radius 2 is 1.72 bits per heavy atom. The van der Waals surface area contributed by atoms with Gasteiger partial charge in [-0.1, -0.05) is 44.2 Å². The number of hydrogen-bond acceptors (Lipinski definition) is 2. The number of hydrogen-bond donors (Lipinski definition) is 1. The average molecular weight is 270 g/mol. The third kappa shape index (κ3) is 7.57. The van der Waals surface area contributed by atoms with E-state index in [2.05, 4.69) is 12.2 Å². The second-order valence-electron chi connectivity index (χ2n) is 4.46. The summed E-state index contributed by atoms with van der Waals surface area (Å²) in [5.74, 6) is 0. The van der Waals surface area contributed by atoms with Gasteiger partial charge in [0, 0.05) is 23.9 Å². The van der Waals surface area contributed by atoms with Gasteiger partial charge in [-0.25, -0.2) is 0 Å². The zero-order valence-corrected chi connectivity index (χ0v) is 12.0. The van der Waals surface area contributed by atoms with E-state index in [0.717, 1.165) is 30.5 Å². The maximum absolute atomic E-state index is 5.81. The first kappa shape index (κ1) is 15.3. The lowest BCUT2D eigenvalue weighted by Crippen LogP contribution is -2.09. The van der Waals surface area contributed by atoms with Crippen molar-refractivity contribution in [3.63, 3.8) is 0 Å². The van der Waals surface area contributed by atoms with Crippen LogP contribution in [-0.4, -0.2) is 19.8 Å². The summed E-state index contributed by atoms with van der Waals surface area (Å²) in [7, 11) is 0. The van der Waals surface area contributed by atoms with Gasteiger partial charge < -0.3 is 10.1 Å². The highest BCUT2D eigenvalue weighted by atomic mass is 35.5. The van der Waals surface area contributed by atoms with Gasteiger partial charge in [-0.3, -0.25) is 0 Å². The van der Waals surface area contributed by atoms with E-state index >= 15 is 0 Å². The number of anilines is 1. The van der Waals surface area contributed by atoms with Gasteiger partial charge in [-0.2, -0.15) is 0 Å². The predicted octanol–water partition coefficient (Wildman–Crippen LogP) is 4.74. The molecule has 0 aliphatic rings. The number of unbranched alkanes of at least 4 members (excludes halogenated alkanes) is 4. The molecule has 0 fully saturated rings. The summed E-state index contributed by atoms with van der Waals surface area (Å²) in [5.41, 5.74) is 1.09.